The largest absolute Gasteiger partial charge is 0.494 e. The Morgan fingerprint density at radius 3 is 2.33 bits per heavy atom. The molecule has 0 spiro atoms. The van der Waals surface area contributed by atoms with Gasteiger partial charge >= 0.3 is 0 Å². The van der Waals surface area contributed by atoms with Crippen LogP contribution in [0.1, 0.15) is 39.0 Å². The van der Waals surface area contributed by atoms with E-state index in [1.165, 1.54) is 37.8 Å². The lowest BCUT2D eigenvalue weighted by molar-refractivity contribution is 0.302. The lowest BCUT2D eigenvalue weighted by Crippen LogP contribution is -1.96. The van der Waals surface area contributed by atoms with Crippen LogP contribution in [0.5, 0.6) is 11.5 Å². The Morgan fingerprint density at radius 1 is 1.00 bits per heavy atom. The number of benzene rings is 1. The van der Waals surface area contributed by atoms with Gasteiger partial charge in [0.15, 0.2) is 5.75 Å². The molecule has 1 aromatic rings. The van der Waals surface area contributed by atoms with E-state index in [1.807, 2.05) is 0 Å². The summed E-state index contributed by atoms with van der Waals surface area (Å²) in [5.41, 5.74) is 0. The van der Waals surface area contributed by atoms with Crippen molar-refractivity contribution in [1.29, 1.82) is 0 Å². The quantitative estimate of drug-likeness (QED) is 0.617. The second-order valence-electron chi connectivity index (χ2n) is 3.73. The minimum absolute atomic E-state index is 0.0327. The van der Waals surface area contributed by atoms with E-state index in [2.05, 4.69) is 6.92 Å². The first-order valence-corrected chi connectivity index (χ1v) is 5.73. The van der Waals surface area contributed by atoms with Crippen LogP contribution < -0.4 is 4.74 Å². The Hall–Kier alpha value is -1.18. The molecule has 0 unspecified atom stereocenters. The van der Waals surface area contributed by atoms with Crippen molar-refractivity contribution in [2.24, 2.45) is 0 Å². The van der Waals surface area contributed by atoms with Gasteiger partial charge in [0.2, 0.25) is 0 Å². The minimum atomic E-state index is 0.0327. The highest BCUT2D eigenvalue weighted by Gasteiger charge is 1.95. The molecule has 1 aromatic carbocycles. The number of rotatable bonds is 7. The molecular formula is C13H19O2. The third kappa shape index (κ3) is 5.31. The first kappa shape index (κ1) is 11.9. The zero-order chi connectivity index (χ0) is 10.9. The molecule has 1 radical (unpaired) electrons. The standard InChI is InChI=1S/C13H19O2/c1-2-3-4-5-6-11-15-13-9-7-12(14)8-10-13/h7-10H,2-6,11H2,1H3. The zero-order valence-corrected chi connectivity index (χ0v) is 9.37. The molecule has 83 valence electrons. The first-order chi connectivity index (χ1) is 7.33. The number of unbranched alkanes of at least 4 members (excludes halogenated alkanes) is 4. The number of hydrogen-bond acceptors (Lipinski definition) is 1. The normalized spacial score (nSPS) is 10.2. The summed E-state index contributed by atoms with van der Waals surface area (Å²) >= 11 is 0. The Morgan fingerprint density at radius 2 is 1.67 bits per heavy atom. The molecule has 0 aliphatic heterocycles. The van der Waals surface area contributed by atoms with Gasteiger partial charge in [-0.25, -0.2) is 0 Å². The molecule has 0 fully saturated rings. The van der Waals surface area contributed by atoms with Gasteiger partial charge in [-0.3, -0.25) is 5.11 Å². The van der Waals surface area contributed by atoms with Crippen molar-refractivity contribution in [2.45, 2.75) is 39.0 Å². The third-order valence-electron chi connectivity index (χ3n) is 2.34. The lowest BCUT2D eigenvalue weighted by atomic mass is 10.2. The van der Waals surface area contributed by atoms with Crippen molar-refractivity contribution in [1.82, 2.24) is 0 Å². The van der Waals surface area contributed by atoms with E-state index in [1.54, 1.807) is 12.1 Å². The van der Waals surface area contributed by atoms with Crippen molar-refractivity contribution < 1.29 is 9.84 Å². The predicted octanol–water partition coefficient (Wildman–Crippen LogP) is 4.18. The van der Waals surface area contributed by atoms with E-state index in [9.17, 15) is 5.11 Å². The molecule has 2 heteroatoms. The molecule has 0 N–H and O–H groups in total. The van der Waals surface area contributed by atoms with Crippen LogP contribution in [0.4, 0.5) is 0 Å². The Kier molecular flexibility index (Phi) is 5.67. The van der Waals surface area contributed by atoms with E-state index < -0.39 is 0 Å². The SMILES string of the molecule is CCCCCCCOc1ccc([O])cc1. The maximum absolute atomic E-state index is 10.8. The van der Waals surface area contributed by atoms with Gasteiger partial charge in [-0.2, -0.15) is 0 Å². The molecule has 0 aliphatic carbocycles. The fourth-order valence-electron chi connectivity index (χ4n) is 1.43. The van der Waals surface area contributed by atoms with Crippen LogP contribution in [0.15, 0.2) is 24.3 Å². The van der Waals surface area contributed by atoms with Crippen LogP contribution >= 0.6 is 0 Å². The summed E-state index contributed by atoms with van der Waals surface area (Å²) in [7, 11) is 0. The van der Waals surface area contributed by atoms with Crippen LogP contribution in [0.25, 0.3) is 0 Å². The molecular weight excluding hydrogens is 188 g/mol. The van der Waals surface area contributed by atoms with Gasteiger partial charge in [-0.1, -0.05) is 32.6 Å². The maximum atomic E-state index is 10.8. The van der Waals surface area contributed by atoms with Crippen molar-refractivity contribution in [3.63, 3.8) is 0 Å². The second kappa shape index (κ2) is 7.16. The Labute approximate surface area is 91.9 Å². The van der Waals surface area contributed by atoms with E-state index in [-0.39, 0.29) is 5.75 Å². The number of hydrogen-bond donors (Lipinski definition) is 0. The summed E-state index contributed by atoms with van der Waals surface area (Å²) in [4.78, 5) is 0. The highest BCUT2D eigenvalue weighted by molar-refractivity contribution is 5.29. The summed E-state index contributed by atoms with van der Waals surface area (Å²) in [6, 6.07) is 6.53. The van der Waals surface area contributed by atoms with Gasteiger partial charge in [-0.15, -0.1) is 0 Å². The molecule has 15 heavy (non-hydrogen) atoms. The molecule has 0 amide bonds. The van der Waals surface area contributed by atoms with Crippen LogP contribution in [0, 0.1) is 0 Å². The molecule has 0 saturated heterocycles. The summed E-state index contributed by atoms with van der Waals surface area (Å²) in [5, 5.41) is 10.8. The number of ether oxygens (including phenoxy) is 1. The van der Waals surface area contributed by atoms with Gasteiger partial charge in [0.25, 0.3) is 0 Å². The highest BCUT2D eigenvalue weighted by Crippen LogP contribution is 2.16. The lowest BCUT2D eigenvalue weighted by Gasteiger charge is -2.05. The molecule has 0 aromatic heterocycles. The van der Waals surface area contributed by atoms with Crippen molar-refractivity contribution in [3.8, 4) is 11.5 Å². The Bertz CT molecular complexity index is 254. The smallest absolute Gasteiger partial charge is 0.178 e. The van der Waals surface area contributed by atoms with Crippen molar-refractivity contribution in [2.75, 3.05) is 6.61 Å². The average Bonchev–Trinajstić information content (AvgIpc) is 2.26. The summed E-state index contributed by atoms with van der Waals surface area (Å²) in [6.07, 6.45) is 6.20. The zero-order valence-electron chi connectivity index (χ0n) is 9.37. The molecule has 0 heterocycles. The third-order valence-corrected chi connectivity index (χ3v) is 2.34. The average molecular weight is 207 g/mol. The molecule has 0 saturated carbocycles. The van der Waals surface area contributed by atoms with Gasteiger partial charge in [0.05, 0.1) is 6.61 Å². The predicted molar refractivity (Wildman–Crippen MR) is 60.8 cm³/mol. The van der Waals surface area contributed by atoms with Gasteiger partial charge in [0.1, 0.15) is 5.75 Å². The van der Waals surface area contributed by atoms with Gasteiger partial charge in [0, 0.05) is 0 Å². The summed E-state index contributed by atoms with van der Waals surface area (Å²) in [6.45, 7) is 2.96. The topological polar surface area (TPSA) is 29.1 Å². The fourth-order valence-corrected chi connectivity index (χ4v) is 1.43. The molecule has 0 aliphatic rings. The van der Waals surface area contributed by atoms with Crippen molar-refractivity contribution >= 4 is 0 Å². The van der Waals surface area contributed by atoms with E-state index >= 15 is 0 Å². The molecule has 0 bridgehead atoms. The van der Waals surface area contributed by atoms with Crippen LogP contribution in [0.2, 0.25) is 0 Å². The van der Waals surface area contributed by atoms with Gasteiger partial charge < -0.3 is 4.74 Å². The second-order valence-corrected chi connectivity index (χ2v) is 3.73. The van der Waals surface area contributed by atoms with Gasteiger partial charge in [-0.05, 0) is 30.7 Å². The van der Waals surface area contributed by atoms with E-state index in [4.69, 9.17) is 4.74 Å². The minimum Gasteiger partial charge on any atom is -0.494 e. The van der Waals surface area contributed by atoms with Crippen LogP contribution in [0.3, 0.4) is 0 Å². The van der Waals surface area contributed by atoms with Crippen molar-refractivity contribution in [3.05, 3.63) is 24.3 Å². The van der Waals surface area contributed by atoms with Crippen LogP contribution in [-0.2, 0) is 5.11 Å². The molecule has 1 rings (SSSR count). The highest BCUT2D eigenvalue weighted by atomic mass is 16.5. The molecule has 2 nitrogen and oxygen atoms in total. The van der Waals surface area contributed by atoms with Crippen LogP contribution in [-0.4, -0.2) is 6.61 Å². The van der Waals surface area contributed by atoms with E-state index in [0.29, 0.717) is 0 Å². The monoisotopic (exact) mass is 207 g/mol. The Balaban J connectivity index is 2.07. The maximum Gasteiger partial charge on any atom is 0.178 e. The first-order valence-electron chi connectivity index (χ1n) is 5.73. The molecule has 0 atom stereocenters. The van der Waals surface area contributed by atoms with E-state index in [0.717, 1.165) is 18.8 Å². The summed E-state index contributed by atoms with van der Waals surface area (Å²) in [5.74, 6) is 0.829. The fraction of sp³-hybridized carbons (Fsp3) is 0.538. The summed E-state index contributed by atoms with van der Waals surface area (Å²) < 4.78 is 5.50.